The van der Waals surface area contributed by atoms with E-state index in [0.717, 1.165) is 12.8 Å². The van der Waals surface area contributed by atoms with Crippen molar-refractivity contribution in [3.63, 3.8) is 0 Å². The zero-order valence-electron chi connectivity index (χ0n) is 7.54. The highest BCUT2D eigenvalue weighted by Gasteiger charge is 2.42. The molecule has 1 fully saturated rings. The number of rotatable bonds is 0. The van der Waals surface area contributed by atoms with Gasteiger partial charge in [0.25, 0.3) is 0 Å². The summed E-state index contributed by atoms with van der Waals surface area (Å²) in [6.07, 6.45) is 3.94. The fraction of sp³-hybridized carbons (Fsp3) is 0.700. The van der Waals surface area contributed by atoms with E-state index in [1.165, 1.54) is 5.57 Å². The van der Waals surface area contributed by atoms with Crippen molar-refractivity contribution >= 4 is 5.97 Å². The summed E-state index contributed by atoms with van der Waals surface area (Å²) in [7, 11) is 0. The molecule has 3 atom stereocenters. The van der Waals surface area contributed by atoms with Crippen LogP contribution in [0.15, 0.2) is 11.8 Å². The van der Waals surface area contributed by atoms with Gasteiger partial charge in [0.05, 0.1) is 12.2 Å². The van der Waals surface area contributed by atoms with Crippen molar-refractivity contribution in [2.24, 2.45) is 17.8 Å². The molecule has 0 aromatic heterocycles. The molecule has 1 heterocycles. The minimum Gasteiger partial charge on any atom is -0.434 e. The van der Waals surface area contributed by atoms with E-state index in [-0.39, 0.29) is 11.9 Å². The Kier molecular flexibility index (Phi) is 1.71. The maximum Gasteiger partial charge on any atom is 0.314 e. The van der Waals surface area contributed by atoms with Gasteiger partial charge in [0.1, 0.15) is 0 Å². The van der Waals surface area contributed by atoms with Gasteiger partial charge in [-0.15, -0.1) is 0 Å². The molecule has 0 spiro atoms. The van der Waals surface area contributed by atoms with E-state index < -0.39 is 0 Å². The van der Waals surface area contributed by atoms with Gasteiger partial charge in [-0.05, 0) is 37.2 Å². The molecule has 2 aliphatic rings. The second-order valence-electron chi connectivity index (χ2n) is 3.99. The van der Waals surface area contributed by atoms with E-state index in [4.69, 9.17) is 4.74 Å². The highest BCUT2D eigenvalue weighted by molar-refractivity contribution is 5.75. The maximum atomic E-state index is 11.4. The third kappa shape index (κ3) is 0.977. The van der Waals surface area contributed by atoms with Crippen molar-refractivity contribution in [2.75, 3.05) is 0 Å². The maximum absolute atomic E-state index is 11.4. The Labute approximate surface area is 72.6 Å². The first kappa shape index (κ1) is 7.84. The third-order valence-corrected chi connectivity index (χ3v) is 3.20. The molecule has 0 aromatic rings. The van der Waals surface area contributed by atoms with Crippen molar-refractivity contribution in [1.82, 2.24) is 0 Å². The number of carbonyl (C=O) groups is 1. The van der Waals surface area contributed by atoms with Crippen LogP contribution < -0.4 is 0 Å². The van der Waals surface area contributed by atoms with Gasteiger partial charge in [0.2, 0.25) is 0 Å². The summed E-state index contributed by atoms with van der Waals surface area (Å²) in [5.41, 5.74) is 1.24. The lowest BCUT2D eigenvalue weighted by Gasteiger charge is -2.25. The van der Waals surface area contributed by atoms with Gasteiger partial charge < -0.3 is 4.74 Å². The molecule has 1 saturated carbocycles. The van der Waals surface area contributed by atoms with Crippen molar-refractivity contribution in [2.45, 2.75) is 26.7 Å². The minimum atomic E-state index is -0.0180. The van der Waals surface area contributed by atoms with Gasteiger partial charge >= 0.3 is 5.97 Å². The lowest BCUT2D eigenvalue weighted by atomic mass is 9.85. The third-order valence-electron chi connectivity index (χ3n) is 3.20. The first-order valence-electron chi connectivity index (χ1n) is 4.57. The molecule has 0 radical (unpaired) electrons. The van der Waals surface area contributed by atoms with Crippen molar-refractivity contribution in [3.05, 3.63) is 11.8 Å². The molecule has 66 valence electrons. The molecule has 1 aliphatic heterocycles. The number of esters is 1. The molecule has 0 N–H and O–H groups in total. The summed E-state index contributed by atoms with van der Waals surface area (Å²) in [5.74, 6) is 1.11. The predicted octanol–water partition coefficient (Wildman–Crippen LogP) is 2.11. The first-order chi connectivity index (χ1) is 5.70. The molecule has 0 aromatic carbocycles. The molecule has 0 amide bonds. The van der Waals surface area contributed by atoms with E-state index in [1.807, 2.05) is 0 Å². The molecule has 0 saturated heterocycles. The standard InChI is InChI=1S/C10H14O2/c1-6-3-4-8-7(2)5-12-10(11)9(6)8/h5-6,8-9H,3-4H2,1-2H3/t6-,8-,9+/m1/s1. The van der Waals surface area contributed by atoms with Crippen LogP contribution in [0, 0.1) is 17.8 Å². The van der Waals surface area contributed by atoms with Gasteiger partial charge in [0, 0.05) is 0 Å². The second-order valence-corrected chi connectivity index (χ2v) is 3.99. The Hall–Kier alpha value is -0.790. The molecular weight excluding hydrogens is 152 g/mol. The summed E-state index contributed by atoms with van der Waals surface area (Å²) in [6.45, 7) is 4.20. The Morgan fingerprint density at radius 1 is 1.50 bits per heavy atom. The summed E-state index contributed by atoms with van der Waals surface area (Å²) >= 11 is 0. The van der Waals surface area contributed by atoms with E-state index in [9.17, 15) is 4.79 Å². The number of hydrogen-bond donors (Lipinski definition) is 0. The Bertz CT molecular complexity index is 242. The van der Waals surface area contributed by atoms with Crippen LogP contribution in [0.2, 0.25) is 0 Å². The zero-order valence-corrected chi connectivity index (χ0v) is 7.54. The summed E-state index contributed by atoms with van der Waals surface area (Å²) in [5, 5.41) is 0. The van der Waals surface area contributed by atoms with Crippen LogP contribution in [0.25, 0.3) is 0 Å². The Morgan fingerprint density at radius 3 is 2.92 bits per heavy atom. The van der Waals surface area contributed by atoms with E-state index in [2.05, 4.69) is 13.8 Å². The van der Waals surface area contributed by atoms with E-state index in [0.29, 0.717) is 11.8 Å². The van der Waals surface area contributed by atoms with Crippen LogP contribution in [0.1, 0.15) is 26.7 Å². The van der Waals surface area contributed by atoms with Crippen molar-refractivity contribution in [3.8, 4) is 0 Å². The predicted molar refractivity (Wildman–Crippen MR) is 45.2 cm³/mol. The molecule has 12 heavy (non-hydrogen) atoms. The summed E-state index contributed by atoms with van der Waals surface area (Å²) in [4.78, 5) is 11.4. The molecular formula is C10H14O2. The fourth-order valence-corrected chi connectivity index (χ4v) is 2.42. The van der Waals surface area contributed by atoms with Crippen LogP contribution in [-0.2, 0) is 9.53 Å². The quantitative estimate of drug-likeness (QED) is 0.515. The minimum absolute atomic E-state index is 0.0180. The van der Waals surface area contributed by atoms with Crippen LogP contribution in [0.4, 0.5) is 0 Å². The van der Waals surface area contributed by atoms with E-state index >= 15 is 0 Å². The molecule has 1 aliphatic carbocycles. The highest BCUT2D eigenvalue weighted by atomic mass is 16.5. The SMILES string of the molecule is CC1=COC(=O)[C@H]2[C@H](C)CC[C@H]12. The largest absolute Gasteiger partial charge is 0.434 e. The molecule has 2 nitrogen and oxygen atoms in total. The molecule has 2 rings (SSSR count). The summed E-state index contributed by atoms with van der Waals surface area (Å²) in [6, 6.07) is 0. The number of fused-ring (bicyclic) bond motifs is 1. The van der Waals surface area contributed by atoms with Gasteiger partial charge in [0.15, 0.2) is 0 Å². The van der Waals surface area contributed by atoms with E-state index in [1.54, 1.807) is 6.26 Å². The molecule has 0 bridgehead atoms. The van der Waals surface area contributed by atoms with Crippen LogP contribution in [0.5, 0.6) is 0 Å². The highest BCUT2D eigenvalue weighted by Crippen LogP contribution is 2.43. The number of allylic oxidation sites excluding steroid dienone is 1. The average molecular weight is 166 g/mol. The van der Waals surface area contributed by atoms with Gasteiger partial charge in [-0.1, -0.05) is 6.92 Å². The van der Waals surface area contributed by atoms with Gasteiger partial charge in [-0.2, -0.15) is 0 Å². The van der Waals surface area contributed by atoms with Crippen molar-refractivity contribution in [1.29, 1.82) is 0 Å². The van der Waals surface area contributed by atoms with Crippen molar-refractivity contribution < 1.29 is 9.53 Å². The van der Waals surface area contributed by atoms with Crippen LogP contribution in [-0.4, -0.2) is 5.97 Å². The lowest BCUT2D eigenvalue weighted by molar-refractivity contribution is -0.146. The normalized spacial score (nSPS) is 40.3. The Morgan fingerprint density at radius 2 is 2.25 bits per heavy atom. The van der Waals surface area contributed by atoms with Crippen LogP contribution in [0.3, 0.4) is 0 Å². The summed E-state index contributed by atoms with van der Waals surface area (Å²) < 4.78 is 4.97. The topological polar surface area (TPSA) is 26.3 Å². The monoisotopic (exact) mass is 166 g/mol. The smallest absolute Gasteiger partial charge is 0.314 e. The average Bonchev–Trinajstić information content (AvgIpc) is 2.42. The zero-order chi connectivity index (χ0) is 8.72. The molecule has 2 heteroatoms. The van der Waals surface area contributed by atoms with Gasteiger partial charge in [-0.3, -0.25) is 4.79 Å². The van der Waals surface area contributed by atoms with Gasteiger partial charge in [-0.25, -0.2) is 0 Å². The first-order valence-corrected chi connectivity index (χ1v) is 4.57. The second kappa shape index (κ2) is 2.61. The lowest BCUT2D eigenvalue weighted by Crippen LogP contribution is -2.28. The number of carbonyl (C=O) groups excluding carboxylic acids is 1. The number of hydrogen-bond acceptors (Lipinski definition) is 2. The Balaban J connectivity index is 2.29. The number of ether oxygens (including phenoxy) is 1. The number of cyclic esters (lactones) is 1. The molecule has 0 unspecified atom stereocenters. The van der Waals surface area contributed by atoms with Crippen LogP contribution >= 0.6 is 0 Å². The fourth-order valence-electron chi connectivity index (χ4n) is 2.42.